The minimum Gasteiger partial charge on any atom is -0.497 e. The summed E-state index contributed by atoms with van der Waals surface area (Å²) in [6.07, 6.45) is 1.58. The first-order valence-corrected chi connectivity index (χ1v) is 11.0. The Bertz CT molecular complexity index is 1430. The van der Waals surface area contributed by atoms with E-state index in [0.29, 0.717) is 29.1 Å². The van der Waals surface area contributed by atoms with Crippen LogP contribution in [-0.2, 0) is 24.4 Å². The van der Waals surface area contributed by atoms with E-state index in [1.807, 2.05) is 44.2 Å². The quantitative estimate of drug-likeness (QED) is 0.435. The van der Waals surface area contributed by atoms with Gasteiger partial charge >= 0.3 is 5.69 Å². The van der Waals surface area contributed by atoms with E-state index in [-0.39, 0.29) is 12.5 Å². The Hall–Kier alpha value is -4.14. The standard InChI is InChI=1S/C25H27N5O4/c1-17(2)13-28-16-26-23-22(28)24(32)30(25(33)29(23)14-18-8-5-4-6-9-18)15-21(31)27-19-10-7-11-20(12-19)34-3/h4-12,16-17H,13-15H2,1-3H3,(H,27,31). The van der Waals surface area contributed by atoms with Crippen LogP contribution in [0.3, 0.4) is 0 Å². The van der Waals surface area contributed by atoms with Gasteiger partial charge in [-0.25, -0.2) is 14.3 Å². The van der Waals surface area contributed by atoms with Gasteiger partial charge in [0, 0.05) is 18.3 Å². The van der Waals surface area contributed by atoms with Crippen LogP contribution in [0, 0.1) is 5.92 Å². The lowest BCUT2D eigenvalue weighted by Crippen LogP contribution is -2.43. The van der Waals surface area contributed by atoms with Crippen molar-refractivity contribution in [3.63, 3.8) is 0 Å². The van der Waals surface area contributed by atoms with E-state index in [1.165, 1.54) is 11.7 Å². The Morgan fingerprint density at radius 3 is 2.53 bits per heavy atom. The van der Waals surface area contributed by atoms with Gasteiger partial charge in [0.25, 0.3) is 5.56 Å². The molecule has 2 aromatic carbocycles. The third kappa shape index (κ3) is 4.78. The SMILES string of the molecule is COc1cccc(NC(=O)Cn2c(=O)c3c(ncn3CC(C)C)n(Cc3ccccc3)c2=O)c1. The van der Waals surface area contributed by atoms with E-state index >= 15 is 0 Å². The van der Waals surface area contributed by atoms with Gasteiger partial charge in [-0.1, -0.05) is 50.2 Å². The molecule has 4 aromatic rings. The van der Waals surface area contributed by atoms with Crippen LogP contribution in [0.4, 0.5) is 5.69 Å². The molecule has 176 valence electrons. The first-order valence-electron chi connectivity index (χ1n) is 11.0. The molecule has 0 aliphatic carbocycles. The highest BCUT2D eigenvalue weighted by Gasteiger charge is 2.20. The normalized spacial score (nSPS) is 11.2. The van der Waals surface area contributed by atoms with Crippen molar-refractivity contribution in [1.82, 2.24) is 18.7 Å². The predicted octanol–water partition coefficient (Wildman–Crippen LogP) is 2.71. The molecular weight excluding hydrogens is 434 g/mol. The number of carbonyl (C=O) groups is 1. The van der Waals surface area contributed by atoms with E-state index in [9.17, 15) is 14.4 Å². The smallest absolute Gasteiger partial charge is 0.333 e. The number of amides is 1. The zero-order valence-corrected chi connectivity index (χ0v) is 19.4. The van der Waals surface area contributed by atoms with Crippen LogP contribution < -0.4 is 21.3 Å². The second-order valence-electron chi connectivity index (χ2n) is 8.49. The van der Waals surface area contributed by atoms with Gasteiger partial charge < -0.3 is 14.6 Å². The molecule has 0 fully saturated rings. The van der Waals surface area contributed by atoms with Crippen molar-refractivity contribution in [1.29, 1.82) is 0 Å². The fourth-order valence-electron chi connectivity index (χ4n) is 3.86. The molecule has 0 bridgehead atoms. The second-order valence-corrected chi connectivity index (χ2v) is 8.49. The molecule has 0 aliphatic heterocycles. The highest BCUT2D eigenvalue weighted by molar-refractivity contribution is 5.90. The lowest BCUT2D eigenvalue weighted by Gasteiger charge is -2.14. The summed E-state index contributed by atoms with van der Waals surface area (Å²) in [5, 5.41) is 2.73. The highest BCUT2D eigenvalue weighted by atomic mass is 16.5. The van der Waals surface area contributed by atoms with Gasteiger partial charge in [-0.2, -0.15) is 0 Å². The van der Waals surface area contributed by atoms with Gasteiger partial charge in [-0.15, -0.1) is 0 Å². The number of imidazole rings is 1. The van der Waals surface area contributed by atoms with E-state index < -0.39 is 23.7 Å². The van der Waals surface area contributed by atoms with Crippen LogP contribution in [0.1, 0.15) is 19.4 Å². The van der Waals surface area contributed by atoms with E-state index in [2.05, 4.69) is 10.3 Å². The van der Waals surface area contributed by atoms with Crippen LogP contribution in [0.15, 0.2) is 70.5 Å². The maximum absolute atomic E-state index is 13.4. The summed E-state index contributed by atoms with van der Waals surface area (Å²) < 4.78 is 9.35. The van der Waals surface area contributed by atoms with Crippen molar-refractivity contribution >= 4 is 22.8 Å². The fraction of sp³-hybridized carbons (Fsp3) is 0.280. The highest BCUT2D eigenvalue weighted by Crippen LogP contribution is 2.17. The first-order chi connectivity index (χ1) is 16.4. The Balaban J connectivity index is 1.77. The molecule has 4 rings (SSSR count). The van der Waals surface area contributed by atoms with Crippen LogP contribution in [0.25, 0.3) is 11.2 Å². The summed E-state index contributed by atoms with van der Waals surface area (Å²) in [5.74, 6) is 0.350. The average molecular weight is 462 g/mol. The van der Waals surface area contributed by atoms with Gasteiger partial charge in [0.1, 0.15) is 12.3 Å². The Morgan fingerprint density at radius 2 is 1.82 bits per heavy atom. The molecule has 0 spiro atoms. The number of ether oxygens (including phenoxy) is 1. The van der Waals surface area contributed by atoms with Crippen LogP contribution in [0.2, 0.25) is 0 Å². The van der Waals surface area contributed by atoms with Crippen molar-refractivity contribution in [3.8, 4) is 5.75 Å². The topological polar surface area (TPSA) is 100 Å². The van der Waals surface area contributed by atoms with Crippen LogP contribution in [0.5, 0.6) is 5.75 Å². The molecule has 1 N–H and O–H groups in total. The Labute approximate surface area is 196 Å². The fourth-order valence-corrected chi connectivity index (χ4v) is 3.86. The summed E-state index contributed by atoms with van der Waals surface area (Å²) in [4.78, 5) is 44.0. The lowest BCUT2D eigenvalue weighted by molar-refractivity contribution is -0.116. The number of nitrogens with zero attached hydrogens (tertiary/aromatic N) is 4. The largest absolute Gasteiger partial charge is 0.497 e. The maximum Gasteiger partial charge on any atom is 0.333 e. The number of methoxy groups -OCH3 is 1. The molecule has 2 aromatic heterocycles. The molecule has 1 amide bonds. The molecule has 9 heteroatoms. The number of nitrogens with one attached hydrogen (secondary N) is 1. The third-order valence-corrected chi connectivity index (χ3v) is 5.38. The maximum atomic E-state index is 13.4. The molecule has 9 nitrogen and oxygen atoms in total. The molecule has 0 saturated carbocycles. The lowest BCUT2D eigenvalue weighted by atomic mass is 10.2. The van der Waals surface area contributed by atoms with Crippen molar-refractivity contribution in [3.05, 3.63) is 87.3 Å². The van der Waals surface area contributed by atoms with E-state index in [0.717, 1.165) is 10.1 Å². The molecule has 0 unspecified atom stereocenters. The van der Waals surface area contributed by atoms with Crippen LogP contribution >= 0.6 is 0 Å². The second kappa shape index (κ2) is 9.78. The number of hydrogen-bond donors (Lipinski definition) is 1. The number of rotatable bonds is 8. The van der Waals surface area contributed by atoms with Gasteiger partial charge in [-0.05, 0) is 23.6 Å². The van der Waals surface area contributed by atoms with E-state index in [1.54, 1.807) is 35.2 Å². The molecule has 0 aliphatic rings. The Morgan fingerprint density at radius 1 is 1.06 bits per heavy atom. The van der Waals surface area contributed by atoms with Crippen molar-refractivity contribution in [2.75, 3.05) is 12.4 Å². The number of anilines is 1. The van der Waals surface area contributed by atoms with E-state index in [4.69, 9.17) is 4.74 Å². The third-order valence-electron chi connectivity index (χ3n) is 5.38. The zero-order valence-electron chi connectivity index (χ0n) is 19.4. The van der Waals surface area contributed by atoms with Gasteiger partial charge in [0.2, 0.25) is 5.91 Å². The van der Waals surface area contributed by atoms with Gasteiger partial charge in [0.15, 0.2) is 11.2 Å². The first kappa shape index (κ1) is 23.0. The average Bonchev–Trinajstić information content (AvgIpc) is 3.23. The molecular formula is C25H27N5O4. The summed E-state index contributed by atoms with van der Waals surface area (Å²) >= 11 is 0. The molecule has 2 heterocycles. The molecule has 34 heavy (non-hydrogen) atoms. The Kier molecular flexibility index (Phi) is 6.62. The van der Waals surface area contributed by atoms with Crippen molar-refractivity contribution < 1.29 is 9.53 Å². The zero-order chi connectivity index (χ0) is 24.2. The summed E-state index contributed by atoms with van der Waals surface area (Å²) in [6.45, 7) is 4.43. The van der Waals surface area contributed by atoms with Crippen LogP contribution in [-0.4, -0.2) is 31.7 Å². The summed E-state index contributed by atoms with van der Waals surface area (Å²) in [6, 6.07) is 16.3. The molecule has 0 radical (unpaired) electrons. The number of hydrogen-bond acceptors (Lipinski definition) is 5. The van der Waals surface area contributed by atoms with Gasteiger partial charge in [0.05, 0.1) is 20.0 Å². The number of aromatic nitrogens is 4. The van der Waals surface area contributed by atoms with Crippen molar-refractivity contribution in [2.24, 2.45) is 5.92 Å². The summed E-state index contributed by atoms with van der Waals surface area (Å²) in [7, 11) is 1.53. The minimum atomic E-state index is -0.586. The predicted molar refractivity (Wildman–Crippen MR) is 130 cm³/mol. The number of fused-ring (bicyclic) bond motifs is 1. The number of benzene rings is 2. The van der Waals surface area contributed by atoms with Gasteiger partial charge in [-0.3, -0.25) is 14.2 Å². The van der Waals surface area contributed by atoms with Crippen molar-refractivity contribution in [2.45, 2.75) is 33.5 Å². The molecule has 0 atom stereocenters. The molecule has 0 saturated heterocycles. The minimum absolute atomic E-state index is 0.229. The summed E-state index contributed by atoms with van der Waals surface area (Å²) in [5.41, 5.74) is 0.880. The monoisotopic (exact) mass is 461 g/mol. The number of carbonyl (C=O) groups excluding carboxylic acids is 1.